The van der Waals surface area contributed by atoms with Crippen molar-refractivity contribution in [3.63, 3.8) is 0 Å². The van der Waals surface area contributed by atoms with E-state index >= 15 is 0 Å². The lowest BCUT2D eigenvalue weighted by atomic mass is 10.0. The van der Waals surface area contributed by atoms with Crippen LogP contribution >= 0.6 is 15.6 Å². The molecule has 3 N–H and O–H groups in total. The SMILES string of the molecule is CCCCCCCCCCCCCCCCCC(=O)OC[C@H](COP(=O)(O)OC[C@@H](O)COP(=O)(O)OC[C@@H](COC(=O)CCCC)OC(=O)CCCCCCCCCC)OC(=O)CCCCC. The molecule has 0 aliphatic heterocycles. The second-order valence-electron chi connectivity index (χ2n) is 17.8. The fourth-order valence-electron chi connectivity index (χ4n) is 6.96. The van der Waals surface area contributed by atoms with E-state index in [2.05, 4.69) is 13.8 Å². The van der Waals surface area contributed by atoms with Gasteiger partial charge in [-0.3, -0.25) is 37.3 Å². The van der Waals surface area contributed by atoms with E-state index in [4.69, 9.17) is 37.0 Å². The van der Waals surface area contributed by atoms with Crippen LogP contribution in [-0.4, -0.2) is 96.7 Å². The Hall–Kier alpha value is -1.94. The number of aliphatic hydroxyl groups is 1. The summed E-state index contributed by atoms with van der Waals surface area (Å²) in [5, 5.41) is 10.3. The van der Waals surface area contributed by atoms with Gasteiger partial charge >= 0.3 is 39.5 Å². The Morgan fingerprint density at radius 3 is 0.941 bits per heavy atom. The van der Waals surface area contributed by atoms with Crippen LogP contribution in [-0.2, 0) is 65.4 Å². The van der Waals surface area contributed by atoms with Crippen LogP contribution in [0.1, 0.15) is 233 Å². The minimum Gasteiger partial charge on any atom is -0.462 e. The topological polar surface area (TPSA) is 237 Å². The molecule has 0 saturated carbocycles. The third kappa shape index (κ3) is 44.0. The van der Waals surface area contributed by atoms with Crippen LogP contribution in [0.5, 0.6) is 0 Å². The predicted molar refractivity (Wildman–Crippen MR) is 262 cm³/mol. The zero-order chi connectivity index (χ0) is 50.6. The fourth-order valence-corrected chi connectivity index (χ4v) is 8.54. The summed E-state index contributed by atoms with van der Waals surface area (Å²) in [5.41, 5.74) is 0. The average Bonchev–Trinajstić information content (AvgIpc) is 3.31. The number of ether oxygens (including phenoxy) is 4. The molecule has 0 saturated heterocycles. The number of phosphoric acid groups is 2. The van der Waals surface area contributed by atoms with E-state index in [9.17, 15) is 43.2 Å². The summed E-state index contributed by atoms with van der Waals surface area (Å²) in [6, 6.07) is 0. The number of esters is 4. The molecule has 0 aromatic carbocycles. The van der Waals surface area contributed by atoms with E-state index < -0.39 is 97.5 Å². The lowest BCUT2D eigenvalue weighted by molar-refractivity contribution is -0.161. The summed E-state index contributed by atoms with van der Waals surface area (Å²) in [6.45, 7) is 4.30. The Bertz CT molecular complexity index is 1350. The Labute approximate surface area is 409 Å². The van der Waals surface area contributed by atoms with E-state index in [0.717, 1.165) is 70.6 Å². The molecule has 0 spiro atoms. The minimum atomic E-state index is -4.91. The minimum absolute atomic E-state index is 0.0903. The zero-order valence-electron chi connectivity index (χ0n) is 42.6. The summed E-state index contributed by atoms with van der Waals surface area (Å²) in [4.78, 5) is 70.3. The summed E-state index contributed by atoms with van der Waals surface area (Å²) >= 11 is 0. The van der Waals surface area contributed by atoms with Gasteiger partial charge in [0.05, 0.1) is 26.4 Å². The van der Waals surface area contributed by atoms with Gasteiger partial charge in [-0.25, -0.2) is 9.13 Å². The molecule has 0 fully saturated rings. The van der Waals surface area contributed by atoms with E-state index in [1.165, 1.54) is 83.5 Å². The number of aliphatic hydroxyl groups excluding tert-OH is 1. The third-order valence-corrected chi connectivity index (χ3v) is 13.0. The summed E-state index contributed by atoms with van der Waals surface area (Å²) in [7, 11) is -9.81. The molecule has 68 heavy (non-hydrogen) atoms. The van der Waals surface area contributed by atoms with Crippen LogP contribution in [0, 0.1) is 0 Å². The van der Waals surface area contributed by atoms with Crippen molar-refractivity contribution in [1.29, 1.82) is 0 Å². The van der Waals surface area contributed by atoms with Gasteiger partial charge in [0.1, 0.15) is 19.3 Å². The van der Waals surface area contributed by atoms with Crippen molar-refractivity contribution in [2.75, 3.05) is 39.6 Å². The molecule has 0 aromatic heterocycles. The lowest BCUT2D eigenvalue weighted by Crippen LogP contribution is -2.30. The van der Waals surface area contributed by atoms with Gasteiger partial charge in [-0.05, 0) is 25.7 Å². The molecule has 0 aliphatic carbocycles. The van der Waals surface area contributed by atoms with E-state index in [0.29, 0.717) is 25.7 Å². The molecule has 0 aromatic rings. The second kappa shape index (κ2) is 45.0. The van der Waals surface area contributed by atoms with Crippen LogP contribution in [0.4, 0.5) is 0 Å². The number of phosphoric ester groups is 2. The maximum atomic E-state index is 12.7. The molecular formula is C49H94O17P2. The Balaban J connectivity index is 4.85. The van der Waals surface area contributed by atoms with Crippen LogP contribution in [0.2, 0.25) is 0 Å². The molecule has 19 heteroatoms. The molecule has 0 rings (SSSR count). The van der Waals surface area contributed by atoms with Crippen molar-refractivity contribution in [2.45, 2.75) is 251 Å². The zero-order valence-corrected chi connectivity index (χ0v) is 44.3. The first-order valence-corrected chi connectivity index (χ1v) is 29.3. The molecule has 0 radical (unpaired) electrons. The largest absolute Gasteiger partial charge is 0.472 e. The number of unbranched alkanes of at least 4 members (excludes halogenated alkanes) is 24. The van der Waals surface area contributed by atoms with Crippen molar-refractivity contribution in [2.24, 2.45) is 0 Å². The van der Waals surface area contributed by atoms with Crippen molar-refractivity contribution < 1.29 is 80.2 Å². The van der Waals surface area contributed by atoms with Crippen LogP contribution in [0.25, 0.3) is 0 Å². The number of hydrogen-bond acceptors (Lipinski definition) is 15. The fraction of sp³-hybridized carbons (Fsp3) is 0.918. The highest BCUT2D eigenvalue weighted by Crippen LogP contribution is 2.45. The monoisotopic (exact) mass is 1020 g/mol. The molecule has 402 valence electrons. The molecule has 2 unspecified atom stereocenters. The standard InChI is InChI=1S/C49H94O17P2/c1-5-9-13-15-17-19-20-21-22-23-24-25-27-28-31-34-47(52)60-40-45(65-48(53)35-30-11-7-3)42-64-68(57,58)62-38-43(50)37-61-67(55,56)63-41-44(39-59-46(51)33-12-8-4)66-49(54)36-32-29-26-18-16-14-10-6-2/h43-45,50H,5-42H2,1-4H3,(H,55,56)(H,57,58)/t43-,44+,45+/m0/s1. The number of rotatable bonds is 50. The highest BCUT2D eigenvalue weighted by molar-refractivity contribution is 7.47. The Morgan fingerprint density at radius 2 is 0.603 bits per heavy atom. The molecule has 0 aliphatic rings. The molecule has 17 nitrogen and oxygen atoms in total. The highest BCUT2D eigenvalue weighted by Gasteiger charge is 2.30. The predicted octanol–water partition coefficient (Wildman–Crippen LogP) is 12.1. The van der Waals surface area contributed by atoms with Crippen molar-refractivity contribution in [3.05, 3.63) is 0 Å². The molecule has 0 amide bonds. The van der Waals surface area contributed by atoms with Crippen molar-refractivity contribution in [3.8, 4) is 0 Å². The maximum absolute atomic E-state index is 12.7. The highest BCUT2D eigenvalue weighted by atomic mass is 31.2. The van der Waals surface area contributed by atoms with E-state index in [-0.39, 0.29) is 25.7 Å². The summed E-state index contributed by atoms with van der Waals surface area (Å²) in [6.07, 6.45) is 26.0. The van der Waals surface area contributed by atoms with Gasteiger partial charge in [0, 0.05) is 25.7 Å². The second-order valence-corrected chi connectivity index (χ2v) is 20.8. The number of carbonyl (C=O) groups excluding carboxylic acids is 4. The van der Waals surface area contributed by atoms with Gasteiger partial charge in [-0.15, -0.1) is 0 Å². The first-order chi connectivity index (χ1) is 32.7. The lowest BCUT2D eigenvalue weighted by Gasteiger charge is -2.21. The first-order valence-electron chi connectivity index (χ1n) is 26.3. The normalized spacial score (nSPS) is 14.6. The smallest absolute Gasteiger partial charge is 0.462 e. The molecule has 5 atom stereocenters. The molecular weight excluding hydrogens is 922 g/mol. The first kappa shape index (κ1) is 66.1. The van der Waals surface area contributed by atoms with Crippen LogP contribution < -0.4 is 0 Å². The maximum Gasteiger partial charge on any atom is 0.472 e. The van der Waals surface area contributed by atoms with Crippen molar-refractivity contribution in [1.82, 2.24) is 0 Å². The van der Waals surface area contributed by atoms with Crippen LogP contribution in [0.3, 0.4) is 0 Å². The Morgan fingerprint density at radius 1 is 0.353 bits per heavy atom. The van der Waals surface area contributed by atoms with Crippen molar-refractivity contribution >= 4 is 39.5 Å². The third-order valence-electron chi connectivity index (χ3n) is 11.1. The Kier molecular flexibility index (Phi) is 43.7. The van der Waals surface area contributed by atoms with Gasteiger partial charge in [-0.1, -0.05) is 182 Å². The van der Waals surface area contributed by atoms with E-state index in [1.807, 2.05) is 13.8 Å². The average molecular weight is 1020 g/mol. The van der Waals surface area contributed by atoms with Gasteiger partial charge in [0.15, 0.2) is 12.2 Å². The number of hydrogen-bond donors (Lipinski definition) is 3. The van der Waals surface area contributed by atoms with Crippen LogP contribution in [0.15, 0.2) is 0 Å². The summed E-state index contributed by atoms with van der Waals surface area (Å²) < 4.78 is 66.4. The van der Waals surface area contributed by atoms with Gasteiger partial charge in [-0.2, -0.15) is 0 Å². The summed E-state index contributed by atoms with van der Waals surface area (Å²) in [5.74, 6) is -2.22. The quantitative estimate of drug-likeness (QED) is 0.0222. The van der Waals surface area contributed by atoms with Gasteiger partial charge in [0.25, 0.3) is 0 Å². The molecule has 0 heterocycles. The van der Waals surface area contributed by atoms with Gasteiger partial charge in [0.2, 0.25) is 0 Å². The van der Waals surface area contributed by atoms with Gasteiger partial charge < -0.3 is 33.8 Å². The number of carbonyl (C=O) groups is 4. The van der Waals surface area contributed by atoms with E-state index in [1.54, 1.807) is 0 Å². The molecule has 0 bridgehead atoms.